The van der Waals surface area contributed by atoms with Gasteiger partial charge in [0.2, 0.25) is 11.8 Å². The number of carbonyl (C=O) groups is 2. The van der Waals surface area contributed by atoms with Gasteiger partial charge in [0.15, 0.2) is 0 Å². The second-order valence-corrected chi connectivity index (χ2v) is 3.91. The van der Waals surface area contributed by atoms with Gasteiger partial charge in [-0.05, 0) is 12.8 Å². The molecular formula is C10H18N2O3. The predicted molar refractivity (Wildman–Crippen MR) is 54.7 cm³/mol. The fourth-order valence-electron chi connectivity index (χ4n) is 2.10. The Hall–Kier alpha value is -1.10. The number of aliphatic hydroxyl groups excluding tert-OH is 1. The molecule has 2 atom stereocenters. The Morgan fingerprint density at radius 3 is 2.40 bits per heavy atom. The van der Waals surface area contributed by atoms with Crippen LogP contribution >= 0.6 is 0 Å². The molecule has 0 saturated heterocycles. The van der Waals surface area contributed by atoms with E-state index < -0.39 is 0 Å². The quantitative estimate of drug-likeness (QED) is 0.582. The van der Waals surface area contributed by atoms with Gasteiger partial charge >= 0.3 is 0 Å². The topological polar surface area (TPSA) is 92.4 Å². The first-order valence-corrected chi connectivity index (χ1v) is 5.34. The lowest BCUT2D eigenvalue weighted by Crippen LogP contribution is -2.42. The van der Waals surface area contributed by atoms with E-state index in [-0.39, 0.29) is 36.8 Å². The maximum absolute atomic E-state index is 11.6. The number of primary amides is 1. The highest BCUT2D eigenvalue weighted by atomic mass is 16.3. The molecule has 0 radical (unpaired) electrons. The molecule has 4 N–H and O–H groups in total. The number of nitrogens with one attached hydrogen (secondary N) is 1. The van der Waals surface area contributed by atoms with E-state index >= 15 is 0 Å². The van der Waals surface area contributed by atoms with Crippen LogP contribution in [0.3, 0.4) is 0 Å². The predicted octanol–water partition coefficient (Wildman–Crippen LogP) is -0.613. The highest BCUT2D eigenvalue weighted by Gasteiger charge is 2.34. The number of rotatable bonds is 4. The fraction of sp³-hybridized carbons (Fsp3) is 0.800. The third-order valence-electron chi connectivity index (χ3n) is 2.88. The lowest BCUT2D eigenvalue weighted by Gasteiger charge is -2.28. The summed E-state index contributed by atoms with van der Waals surface area (Å²) in [5.41, 5.74) is 5.26. The average Bonchev–Trinajstić information content (AvgIpc) is 2.25. The number of hydrogen-bond acceptors (Lipinski definition) is 3. The second kappa shape index (κ2) is 5.70. The van der Waals surface area contributed by atoms with Crippen LogP contribution in [0.1, 0.15) is 25.7 Å². The van der Waals surface area contributed by atoms with Crippen molar-refractivity contribution in [3.8, 4) is 0 Å². The first-order chi connectivity index (χ1) is 7.16. The minimum Gasteiger partial charge on any atom is -0.395 e. The van der Waals surface area contributed by atoms with E-state index in [0.29, 0.717) is 12.8 Å². The maximum Gasteiger partial charge on any atom is 0.223 e. The molecule has 2 unspecified atom stereocenters. The highest BCUT2D eigenvalue weighted by molar-refractivity contribution is 5.87. The summed E-state index contributed by atoms with van der Waals surface area (Å²) in [6.45, 7) is 0.153. The monoisotopic (exact) mass is 214 g/mol. The van der Waals surface area contributed by atoms with E-state index in [1.165, 1.54) is 0 Å². The van der Waals surface area contributed by atoms with Crippen molar-refractivity contribution >= 4 is 11.8 Å². The summed E-state index contributed by atoms with van der Waals surface area (Å²) < 4.78 is 0. The smallest absolute Gasteiger partial charge is 0.223 e. The standard InChI is InChI=1S/C10H18N2O3/c11-9(14)7-3-1-2-4-8(7)10(15)12-5-6-13/h7-8,13H,1-6H2,(H2,11,14)(H,12,15). The zero-order valence-corrected chi connectivity index (χ0v) is 8.74. The Balaban J connectivity index is 2.55. The molecule has 0 aromatic carbocycles. The summed E-state index contributed by atoms with van der Waals surface area (Å²) in [7, 11) is 0. The zero-order chi connectivity index (χ0) is 11.3. The van der Waals surface area contributed by atoms with Crippen molar-refractivity contribution in [1.29, 1.82) is 0 Å². The molecule has 0 spiro atoms. The molecule has 5 nitrogen and oxygen atoms in total. The molecule has 0 aromatic rings. The van der Waals surface area contributed by atoms with Crippen LogP contribution in [0.4, 0.5) is 0 Å². The van der Waals surface area contributed by atoms with Gasteiger partial charge < -0.3 is 16.2 Å². The Kier molecular flexibility index (Phi) is 4.55. The number of carbonyl (C=O) groups excluding carboxylic acids is 2. The van der Waals surface area contributed by atoms with Gasteiger partial charge in [0.25, 0.3) is 0 Å². The molecule has 1 aliphatic rings. The maximum atomic E-state index is 11.6. The average molecular weight is 214 g/mol. The molecule has 0 bridgehead atoms. The van der Waals surface area contributed by atoms with Crippen LogP contribution in [0.25, 0.3) is 0 Å². The Bertz CT molecular complexity index is 243. The van der Waals surface area contributed by atoms with Gasteiger partial charge in [0.1, 0.15) is 0 Å². The van der Waals surface area contributed by atoms with Gasteiger partial charge in [0, 0.05) is 18.4 Å². The zero-order valence-electron chi connectivity index (χ0n) is 8.74. The van der Waals surface area contributed by atoms with E-state index in [0.717, 1.165) is 12.8 Å². The van der Waals surface area contributed by atoms with E-state index in [2.05, 4.69) is 5.32 Å². The minimum absolute atomic E-state index is 0.0836. The molecule has 5 heteroatoms. The highest BCUT2D eigenvalue weighted by Crippen LogP contribution is 2.29. The Labute approximate surface area is 89.0 Å². The summed E-state index contributed by atoms with van der Waals surface area (Å²) in [5.74, 6) is -1.19. The molecule has 1 saturated carbocycles. The molecular weight excluding hydrogens is 196 g/mol. The summed E-state index contributed by atoms with van der Waals surface area (Å²) in [4.78, 5) is 22.8. The lowest BCUT2D eigenvalue weighted by molar-refractivity contribution is -0.135. The van der Waals surface area contributed by atoms with Crippen molar-refractivity contribution in [2.75, 3.05) is 13.2 Å². The van der Waals surface area contributed by atoms with E-state index in [9.17, 15) is 9.59 Å². The first kappa shape index (κ1) is 12.0. The van der Waals surface area contributed by atoms with Crippen LogP contribution in [-0.4, -0.2) is 30.1 Å². The molecule has 0 heterocycles. The Morgan fingerprint density at radius 1 is 1.27 bits per heavy atom. The first-order valence-electron chi connectivity index (χ1n) is 5.34. The molecule has 0 aliphatic heterocycles. The van der Waals surface area contributed by atoms with Crippen molar-refractivity contribution in [2.24, 2.45) is 17.6 Å². The fourth-order valence-corrected chi connectivity index (χ4v) is 2.10. The summed E-state index contributed by atoms with van der Waals surface area (Å²) in [6.07, 6.45) is 3.33. The third kappa shape index (κ3) is 3.20. The van der Waals surface area contributed by atoms with Crippen LogP contribution in [0, 0.1) is 11.8 Å². The number of nitrogens with two attached hydrogens (primary N) is 1. The van der Waals surface area contributed by atoms with E-state index in [4.69, 9.17) is 10.8 Å². The van der Waals surface area contributed by atoms with Gasteiger partial charge in [-0.15, -0.1) is 0 Å². The minimum atomic E-state index is -0.390. The molecule has 1 rings (SSSR count). The Morgan fingerprint density at radius 2 is 1.87 bits per heavy atom. The van der Waals surface area contributed by atoms with Crippen molar-refractivity contribution in [1.82, 2.24) is 5.32 Å². The number of hydrogen-bond donors (Lipinski definition) is 3. The lowest BCUT2D eigenvalue weighted by atomic mass is 9.78. The van der Waals surface area contributed by atoms with Gasteiger partial charge in [-0.25, -0.2) is 0 Å². The van der Waals surface area contributed by atoms with Crippen molar-refractivity contribution < 1.29 is 14.7 Å². The van der Waals surface area contributed by atoms with E-state index in [1.807, 2.05) is 0 Å². The summed E-state index contributed by atoms with van der Waals surface area (Å²) >= 11 is 0. The molecule has 1 aliphatic carbocycles. The number of aliphatic hydroxyl groups is 1. The van der Waals surface area contributed by atoms with Crippen LogP contribution in [-0.2, 0) is 9.59 Å². The molecule has 86 valence electrons. The van der Waals surface area contributed by atoms with E-state index in [1.54, 1.807) is 0 Å². The third-order valence-corrected chi connectivity index (χ3v) is 2.88. The van der Waals surface area contributed by atoms with Gasteiger partial charge in [-0.2, -0.15) is 0 Å². The summed E-state index contributed by atoms with van der Waals surface area (Å²) in [6, 6.07) is 0. The SMILES string of the molecule is NC(=O)C1CCCCC1C(=O)NCCO. The largest absolute Gasteiger partial charge is 0.395 e. The van der Waals surface area contributed by atoms with Crippen molar-refractivity contribution in [3.63, 3.8) is 0 Å². The molecule has 1 fully saturated rings. The van der Waals surface area contributed by atoms with Gasteiger partial charge in [-0.1, -0.05) is 12.8 Å². The van der Waals surface area contributed by atoms with Crippen LogP contribution in [0.2, 0.25) is 0 Å². The normalized spacial score (nSPS) is 25.9. The van der Waals surface area contributed by atoms with Crippen LogP contribution in [0.5, 0.6) is 0 Å². The van der Waals surface area contributed by atoms with Crippen molar-refractivity contribution in [3.05, 3.63) is 0 Å². The van der Waals surface area contributed by atoms with Crippen LogP contribution in [0.15, 0.2) is 0 Å². The number of amides is 2. The second-order valence-electron chi connectivity index (χ2n) is 3.91. The molecule has 0 aromatic heterocycles. The van der Waals surface area contributed by atoms with Gasteiger partial charge in [-0.3, -0.25) is 9.59 Å². The van der Waals surface area contributed by atoms with Gasteiger partial charge in [0.05, 0.1) is 6.61 Å². The van der Waals surface area contributed by atoms with Crippen LogP contribution < -0.4 is 11.1 Å². The van der Waals surface area contributed by atoms with Crippen molar-refractivity contribution in [2.45, 2.75) is 25.7 Å². The summed E-state index contributed by atoms with van der Waals surface area (Å²) in [5, 5.41) is 11.2. The molecule has 2 amide bonds. The molecule has 15 heavy (non-hydrogen) atoms.